The van der Waals surface area contributed by atoms with Gasteiger partial charge in [0.2, 0.25) is 0 Å². The Morgan fingerprint density at radius 3 is 2.84 bits per heavy atom. The van der Waals surface area contributed by atoms with Gasteiger partial charge in [0, 0.05) is 16.0 Å². The first kappa shape index (κ1) is 13.9. The van der Waals surface area contributed by atoms with Crippen molar-refractivity contribution in [3.05, 3.63) is 62.6 Å². The molecule has 0 aliphatic carbocycles. The molecule has 0 aliphatic heterocycles. The number of hydrogen-bond acceptors (Lipinski definition) is 2. The number of nitriles is 1. The fourth-order valence-corrected chi connectivity index (χ4v) is 2.41. The number of benzene rings is 2. The molecule has 0 radical (unpaired) electrons. The molecule has 0 heterocycles. The maximum Gasteiger partial charge on any atom is 0.102 e. The van der Waals surface area contributed by atoms with Gasteiger partial charge in [-0.3, -0.25) is 0 Å². The van der Waals surface area contributed by atoms with E-state index < -0.39 is 0 Å². The van der Waals surface area contributed by atoms with Crippen molar-refractivity contribution in [2.24, 2.45) is 0 Å². The molecule has 2 aromatic rings. The standard InChI is InChI=1S/C15H12BrClN2/c1-10-3-2-4-15(13(10)8-18)19-9-11-7-12(17)5-6-14(11)16/h2-7,19H,9H2,1H3. The second-order valence-electron chi connectivity index (χ2n) is 4.20. The largest absolute Gasteiger partial charge is 0.380 e. The van der Waals surface area contributed by atoms with Crippen LogP contribution in [0, 0.1) is 18.3 Å². The molecular weight excluding hydrogens is 324 g/mol. The lowest BCUT2D eigenvalue weighted by molar-refractivity contribution is 1.13. The van der Waals surface area contributed by atoms with E-state index in [1.165, 1.54) is 0 Å². The van der Waals surface area contributed by atoms with E-state index in [-0.39, 0.29) is 0 Å². The molecule has 96 valence electrons. The van der Waals surface area contributed by atoms with E-state index in [0.717, 1.165) is 21.3 Å². The third-order valence-electron chi connectivity index (χ3n) is 2.86. The first-order valence-electron chi connectivity index (χ1n) is 5.79. The van der Waals surface area contributed by atoms with Crippen LogP contribution in [0.2, 0.25) is 5.02 Å². The molecular formula is C15H12BrClN2. The van der Waals surface area contributed by atoms with Crippen molar-refractivity contribution in [1.29, 1.82) is 5.26 Å². The van der Waals surface area contributed by atoms with Crippen LogP contribution in [0.15, 0.2) is 40.9 Å². The highest BCUT2D eigenvalue weighted by Gasteiger charge is 2.06. The average Bonchev–Trinajstić information content (AvgIpc) is 2.40. The van der Waals surface area contributed by atoms with Crippen LogP contribution in [-0.4, -0.2) is 0 Å². The van der Waals surface area contributed by atoms with Gasteiger partial charge in [-0.15, -0.1) is 0 Å². The van der Waals surface area contributed by atoms with Crippen LogP contribution in [0.4, 0.5) is 5.69 Å². The molecule has 4 heteroatoms. The highest BCUT2D eigenvalue weighted by atomic mass is 79.9. The van der Waals surface area contributed by atoms with Crippen molar-refractivity contribution in [1.82, 2.24) is 0 Å². The monoisotopic (exact) mass is 334 g/mol. The van der Waals surface area contributed by atoms with Gasteiger partial charge in [0.1, 0.15) is 6.07 Å². The summed E-state index contributed by atoms with van der Waals surface area (Å²) in [6.45, 7) is 2.54. The van der Waals surface area contributed by atoms with Crippen LogP contribution in [0.25, 0.3) is 0 Å². The van der Waals surface area contributed by atoms with Crippen LogP contribution >= 0.6 is 27.5 Å². The third kappa shape index (κ3) is 3.28. The first-order chi connectivity index (χ1) is 9.11. The predicted octanol–water partition coefficient (Wildman–Crippen LogP) is 4.89. The molecule has 0 unspecified atom stereocenters. The van der Waals surface area contributed by atoms with E-state index in [1.54, 1.807) is 0 Å². The Labute approximate surface area is 126 Å². The summed E-state index contributed by atoms with van der Waals surface area (Å²) in [5, 5.41) is 13.2. The van der Waals surface area contributed by atoms with Crippen molar-refractivity contribution in [3.63, 3.8) is 0 Å². The molecule has 2 aromatic carbocycles. The minimum Gasteiger partial charge on any atom is -0.380 e. The Morgan fingerprint density at radius 2 is 2.11 bits per heavy atom. The van der Waals surface area contributed by atoms with Crippen molar-refractivity contribution >= 4 is 33.2 Å². The summed E-state index contributed by atoms with van der Waals surface area (Å²) in [5.74, 6) is 0. The van der Waals surface area contributed by atoms with Crippen molar-refractivity contribution in [2.75, 3.05) is 5.32 Å². The smallest absolute Gasteiger partial charge is 0.102 e. The quantitative estimate of drug-likeness (QED) is 0.866. The molecule has 0 saturated carbocycles. The Kier molecular flexibility index (Phi) is 4.47. The Bertz CT molecular complexity index is 647. The van der Waals surface area contributed by atoms with Gasteiger partial charge in [0.25, 0.3) is 0 Å². The highest BCUT2D eigenvalue weighted by Crippen LogP contribution is 2.24. The number of rotatable bonds is 3. The van der Waals surface area contributed by atoms with Crippen molar-refractivity contribution in [2.45, 2.75) is 13.5 Å². The fraction of sp³-hybridized carbons (Fsp3) is 0.133. The zero-order chi connectivity index (χ0) is 13.8. The van der Waals surface area contributed by atoms with Crippen LogP contribution in [0.1, 0.15) is 16.7 Å². The summed E-state index contributed by atoms with van der Waals surface area (Å²) in [7, 11) is 0. The predicted molar refractivity (Wildman–Crippen MR) is 82.4 cm³/mol. The summed E-state index contributed by atoms with van der Waals surface area (Å²) in [6.07, 6.45) is 0. The van der Waals surface area contributed by atoms with Crippen LogP contribution in [0.5, 0.6) is 0 Å². The topological polar surface area (TPSA) is 35.8 Å². The number of halogens is 2. The second-order valence-corrected chi connectivity index (χ2v) is 5.49. The molecule has 0 bridgehead atoms. The van der Waals surface area contributed by atoms with E-state index in [2.05, 4.69) is 27.3 Å². The number of hydrogen-bond donors (Lipinski definition) is 1. The lowest BCUT2D eigenvalue weighted by atomic mass is 10.1. The molecule has 2 rings (SSSR count). The molecule has 0 spiro atoms. The van der Waals surface area contributed by atoms with Crippen LogP contribution < -0.4 is 5.32 Å². The van der Waals surface area contributed by atoms with Gasteiger partial charge in [-0.25, -0.2) is 0 Å². The molecule has 0 fully saturated rings. The lowest BCUT2D eigenvalue weighted by Crippen LogP contribution is -2.02. The van der Waals surface area contributed by atoms with E-state index in [0.29, 0.717) is 17.1 Å². The fourth-order valence-electron chi connectivity index (χ4n) is 1.83. The van der Waals surface area contributed by atoms with Gasteiger partial charge in [0.15, 0.2) is 0 Å². The maximum atomic E-state index is 9.17. The molecule has 0 saturated heterocycles. The maximum absolute atomic E-state index is 9.17. The van der Waals surface area contributed by atoms with E-state index >= 15 is 0 Å². The molecule has 0 amide bonds. The number of nitrogens with one attached hydrogen (secondary N) is 1. The van der Waals surface area contributed by atoms with E-state index in [1.807, 2.05) is 43.3 Å². The highest BCUT2D eigenvalue weighted by molar-refractivity contribution is 9.10. The minimum absolute atomic E-state index is 0.610. The Balaban J connectivity index is 2.22. The van der Waals surface area contributed by atoms with Crippen molar-refractivity contribution in [3.8, 4) is 6.07 Å². The summed E-state index contributed by atoms with van der Waals surface area (Å²) in [4.78, 5) is 0. The summed E-state index contributed by atoms with van der Waals surface area (Å²) >= 11 is 9.47. The number of anilines is 1. The summed E-state index contributed by atoms with van der Waals surface area (Å²) < 4.78 is 0.996. The van der Waals surface area contributed by atoms with Gasteiger partial charge in [-0.1, -0.05) is 39.7 Å². The Morgan fingerprint density at radius 1 is 1.32 bits per heavy atom. The van der Waals surface area contributed by atoms with Crippen LogP contribution in [-0.2, 0) is 6.54 Å². The lowest BCUT2D eigenvalue weighted by Gasteiger charge is -2.11. The van der Waals surface area contributed by atoms with Crippen molar-refractivity contribution < 1.29 is 0 Å². The number of nitrogens with zero attached hydrogens (tertiary/aromatic N) is 1. The average molecular weight is 336 g/mol. The molecule has 0 atom stereocenters. The molecule has 19 heavy (non-hydrogen) atoms. The van der Waals surface area contributed by atoms with Crippen LogP contribution in [0.3, 0.4) is 0 Å². The van der Waals surface area contributed by atoms with Gasteiger partial charge < -0.3 is 5.32 Å². The molecule has 1 N–H and O–H groups in total. The van der Waals surface area contributed by atoms with Gasteiger partial charge in [-0.2, -0.15) is 5.26 Å². The zero-order valence-electron chi connectivity index (χ0n) is 10.4. The summed E-state index contributed by atoms with van der Waals surface area (Å²) in [6, 6.07) is 13.7. The van der Waals surface area contributed by atoms with Gasteiger partial charge in [0.05, 0.1) is 11.3 Å². The summed E-state index contributed by atoms with van der Waals surface area (Å²) in [5.41, 5.74) is 3.55. The van der Waals surface area contributed by atoms with Gasteiger partial charge in [-0.05, 0) is 42.3 Å². The molecule has 0 aliphatic rings. The molecule has 0 aromatic heterocycles. The second kappa shape index (κ2) is 6.10. The molecule has 2 nitrogen and oxygen atoms in total. The minimum atomic E-state index is 0.610. The normalized spacial score (nSPS) is 10.0. The Hall–Kier alpha value is -1.50. The SMILES string of the molecule is Cc1cccc(NCc2cc(Cl)ccc2Br)c1C#N. The first-order valence-corrected chi connectivity index (χ1v) is 6.96. The van der Waals surface area contributed by atoms with E-state index in [4.69, 9.17) is 11.6 Å². The third-order valence-corrected chi connectivity index (χ3v) is 3.87. The number of aryl methyl sites for hydroxylation is 1. The van der Waals surface area contributed by atoms with E-state index in [9.17, 15) is 5.26 Å². The van der Waals surface area contributed by atoms with Gasteiger partial charge >= 0.3 is 0 Å². The zero-order valence-corrected chi connectivity index (χ0v) is 12.7.